The van der Waals surface area contributed by atoms with Gasteiger partial charge in [-0.2, -0.15) is 4.31 Å². The summed E-state index contributed by atoms with van der Waals surface area (Å²) in [5.74, 6) is 0. The summed E-state index contributed by atoms with van der Waals surface area (Å²) in [7, 11) is -1.52. The van der Waals surface area contributed by atoms with E-state index in [1.807, 2.05) is 30.3 Å². The Morgan fingerprint density at radius 1 is 1.17 bits per heavy atom. The smallest absolute Gasteiger partial charge is 0.211 e. The number of nitrogens with one attached hydrogen (secondary N) is 1. The maximum absolute atomic E-state index is 11.9. The van der Waals surface area contributed by atoms with Crippen LogP contribution in [0, 0.1) is 0 Å². The minimum atomic E-state index is -3.20. The zero-order chi connectivity index (χ0) is 13.2. The Labute approximate surface area is 109 Å². The maximum Gasteiger partial charge on any atom is 0.211 e. The fraction of sp³-hybridized carbons (Fsp3) is 0.538. The molecule has 1 aromatic carbocycles. The molecule has 1 saturated heterocycles. The van der Waals surface area contributed by atoms with Gasteiger partial charge in [0.15, 0.2) is 0 Å². The molecule has 0 amide bonds. The van der Waals surface area contributed by atoms with Crippen molar-refractivity contribution in [2.24, 2.45) is 0 Å². The molecule has 1 heterocycles. The highest BCUT2D eigenvalue weighted by Crippen LogP contribution is 2.37. The van der Waals surface area contributed by atoms with E-state index < -0.39 is 15.6 Å². The van der Waals surface area contributed by atoms with Crippen molar-refractivity contribution in [3.63, 3.8) is 0 Å². The molecule has 0 aromatic heterocycles. The molecule has 1 fully saturated rings. The molecule has 0 bridgehead atoms. The van der Waals surface area contributed by atoms with Crippen LogP contribution >= 0.6 is 0 Å². The normalized spacial score (nSPS) is 19.9. The number of sulfonamides is 1. The molecule has 1 aromatic rings. The fourth-order valence-electron chi connectivity index (χ4n) is 2.69. The van der Waals surface area contributed by atoms with E-state index in [-0.39, 0.29) is 0 Å². The van der Waals surface area contributed by atoms with Crippen molar-refractivity contribution < 1.29 is 8.42 Å². The van der Waals surface area contributed by atoms with Crippen LogP contribution in [0.1, 0.15) is 18.4 Å². The van der Waals surface area contributed by atoms with Crippen LogP contribution in [0.3, 0.4) is 0 Å². The fourth-order valence-corrected chi connectivity index (χ4v) is 3.61. The van der Waals surface area contributed by atoms with Crippen LogP contribution < -0.4 is 5.32 Å². The van der Waals surface area contributed by atoms with Crippen LogP contribution in [0.25, 0.3) is 0 Å². The van der Waals surface area contributed by atoms with Gasteiger partial charge in [0.2, 0.25) is 10.0 Å². The lowest BCUT2D eigenvalue weighted by molar-refractivity contribution is 0.161. The average Bonchev–Trinajstić information content (AvgIpc) is 2.39. The third-order valence-corrected chi connectivity index (χ3v) is 5.19. The predicted octanol–water partition coefficient (Wildman–Crippen LogP) is 1.16. The SMILES string of the molecule is CN(C1(c2ccccc2)CCNCC1)S(C)(=O)=O. The highest BCUT2D eigenvalue weighted by atomic mass is 32.2. The molecule has 5 heteroatoms. The van der Waals surface area contributed by atoms with Gasteiger partial charge >= 0.3 is 0 Å². The van der Waals surface area contributed by atoms with E-state index in [1.165, 1.54) is 10.6 Å². The number of rotatable bonds is 3. The van der Waals surface area contributed by atoms with Crippen LogP contribution in [0.4, 0.5) is 0 Å². The first-order valence-corrected chi connectivity index (χ1v) is 8.02. The van der Waals surface area contributed by atoms with Crippen molar-refractivity contribution >= 4 is 10.0 Å². The first kappa shape index (κ1) is 13.5. The molecule has 0 saturated carbocycles. The van der Waals surface area contributed by atoms with Crippen molar-refractivity contribution in [1.29, 1.82) is 0 Å². The van der Waals surface area contributed by atoms with Crippen molar-refractivity contribution in [3.8, 4) is 0 Å². The van der Waals surface area contributed by atoms with Crippen molar-refractivity contribution in [3.05, 3.63) is 35.9 Å². The summed E-state index contributed by atoms with van der Waals surface area (Å²) in [5, 5.41) is 3.29. The zero-order valence-electron chi connectivity index (χ0n) is 10.9. The second kappa shape index (κ2) is 4.99. The Morgan fingerprint density at radius 3 is 2.22 bits per heavy atom. The Hall–Kier alpha value is -0.910. The molecule has 0 aliphatic carbocycles. The van der Waals surface area contributed by atoms with Gasteiger partial charge in [0.05, 0.1) is 11.8 Å². The van der Waals surface area contributed by atoms with E-state index in [4.69, 9.17) is 0 Å². The molecule has 1 aliphatic heterocycles. The third-order valence-electron chi connectivity index (χ3n) is 3.84. The van der Waals surface area contributed by atoms with Gasteiger partial charge in [-0.05, 0) is 31.5 Å². The summed E-state index contributed by atoms with van der Waals surface area (Å²) in [6.45, 7) is 1.68. The largest absolute Gasteiger partial charge is 0.317 e. The number of nitrogens with zero attached hydrogens (tertiary/aromatic N) is 1. The number of benzene rings is 1. The summed E-state index contributed by atoms with van der Waals surface area (Å²) >= 11 is 0. The summed E-state index contributed by atoms with van der Waals surface area (Å²) in [5.41, 5.74) is 0.680. The zero-order valence-corrected chi connectivity index (χ0v) is 11.7. The van der Waals surface area contributed by atoms with Crippen molar-refractivity contribution in [2.75, 3.05) is 26.4 Å². The minimum Gasteiger partial charge on any atom is -0.317 e. The Bertz CT molecular complexity index is 493. The number of hydrogen-bond acceptors (Lipinski definition) is 3. The molecule has 1 aliphatic rings. The molecule has 0 unspecified atom stereocenters. The predicted molar refractivity (Wildman–Crippen MR) is 72.8 cm³/mol. The average molecular weight is 268 g/mol. The molecule has 0 atom stereocenters. The molecule has 0 radical (unpaired) electrons. The van der Waals surface area contributed by atoms with E-state index in [0.29, 0.717) is 0 Å². The monoisotopic (exact) mass is 268 g/mol. The number of hydrogen-bond donors (Lipinski definition) is 1. The van der Waals surface area contributed by atoms with Gasteiger partial charge in [-0.25, -0.2) is 8.42 Å². The van der Waals surface area contributed by atoms with Crippen LogP contribution in [0.2, 0.25) is 0 Å². The second-order valence-electron chi connectivity index (χ2n) is 4.88. The molecule has 1 N–H and O–H groups in total. The maximum atomic E-state index is 11.9. The van der Waals surface area contributed by atoms with E-state index in [9.17, 15) is 8.42 Å². The lowest BCUT2D eigenvalue weighted by Gasteiger charge is -2.44. The lowest BCUT2D eigenvalue weighted by atomic mass is 9.81. The highest BCUT2D eigenvalue weighted by molar-refractivity contribution is 7.88. The van der Waals surface area contributed by atoms with Gasteiger partial charge in [0.25, 0.3) is 0 Å². The molecule has 0 spiro atoms. The highest BCUT2D eigenvalue weighted by Gasteiger charge is 2.41. The van der Waals surface area contributed by atoms with E-state index in [0.717, 1.165) is 31.5 Å². The van der Waals surface area contributed by atoms with Crippen LogP contribution in [0.5, 0.6) is 0 Å². The van der Waals surface area contributed by atoms with Gasteiger partial charge in [0.1, 0.15) is 0 Å². The molecular formula is C13H20N2O2S. The molecule has 18 heavy (non-hydrogen) atoms. The standard InChI is InChI=1S/C13H20N2O2S/c1-15(18(2,16)17)13(8-10-14-11-9-13)12-6-4-3-5-7-12/h3-7,14H,8-11H2,1-2H3. The molecule has 100 valence electrons. The number of piperidine rings is 1. The quantitative estimate of drug-likeness (QED) is 0.895. The van der Waals surface area contributed by atoms with Crippen molar-refractivity contribution in [1.82, 2.24) is 9.62 Å². The topological polar surface area (TPSA) is 49.4 Å². The molecule has 2 rings (SSSR count). The Kier molecular flexibility index (Phi) is 3.75. The van der Waals surface area contributed by atoms with E-state index >= 15 is 0 Å². The second-order valence-corrected chi connectivity index (χ2v) is 6.89. The molecular weight excluding hydrogens is 248 g/mol. The van der Waals surface area contributed by atoms with Crippen LogP contribution in [-0.4, -0.2) is 39.1 Å². The summed E-state index contributed by atoms with van der Waals surface area (Å²) in [4.78, 5) is 0. The minimum absolute atomic E-state index is 0.403. The van der Waals surface area contributed by atoms with Crippen molar-refractivity contribution in [2.45, 2.75) is 18.4 Å². The summed E-state index contributed by atoms with van der Waals surface area (Å²) < 4.78 is 25.4. The van der Waals surface area contributed by atoms with Crippen LogP contribution in [-0.2, 0) is 15.6 Å². The Balaban J connectivity index is 2.47. The molecule has 4 nitrogen and oxygen atoms in total. The Morgan fingerprint density at radius 2 is 1.72 bits per heavy atom. The lowest BCUT2D eigenvalue weighted by Crippen LogP contribution is -2.52. The van der Waals surface area contributed by atoms with E-state index in [2.05, 4.69) is 5.32 Å². The van der Waals surface area contributed by atoms with Crippen LogP contribution in [0.15, 0.2) is 30.3 Å². The summed E-state index contributed by atoms with van der Waals surface area (Å²) in [6.07, 6.45) is 2.89. The van der Waals surface area contributed by atoms with Gasteiger partial charge in [-0.1, -0.05) is 30.3 Å². The first-order valence-electron chi connectivity index (χ1n) is 6.17. The van der Waals surface area contributed by atoms with E-state index in [1.54, 1.807) is 7.05 Å². The third kappa shape index (κ3) is 2.43. The van der Waals surface area contributed by atoms with Gasteiger partial charge in [0, 0.05) is 7.05 Å². The first-order chi connectivity index (χ1) is 8.47. The van der Waals surface area contributed by atoms with Gasteiger partial charge < -0.3 is 5.32 Å². The van der Waals surface area contributed by atoms with Gasteiger partial charge in [-0.3, -0.25) is 0 Å². The summed E-state index contributed by atoms with van der Waals surface area (Å²) in [6, 6.07) is 9.93. The van der Waals surface area contributed by atoms with Gasteiger partial charge in [-0.15, -0.1) is 0 Å².